The Balaban J connectivity index is 2.43. The molecule has 1 rings (SSSR count). The van der Waals surface area contributed by atoms with Crippen LogP contribution in [0.2, 0.25) is 0 Å². The summed E-state index contributed by atoms with van der Waals surface area (Å²) in [6.07, 6.45) is 1.53. The highest BCUT2D eigenvalue weighted by atomic mass is 16.2. The van der Waals surface area contributed by atoms with Crippen molar-refractivity contribution in [2.75, 3.05) is 20.6 Å². The van der Waals surface area contributed by atoms with Crippen LogP contribution in [-0.4, -0.2) is 46.2 Å². The second-order valence-corrected chi connectivity index (χ2v) is 4.11. The van der Waals surface area contributed by atoms with Crippen LogP contribution < -0.4 is 5.32 Å². The molecule has 0 aliphatic heterocycles. The van der Waals surface area contributed by atoms with Crippen molar-refractivity contribution in [3.05, 3.63) is 12.2 Å². The second kappa shape index (κ2) is 5.60. The lowest BCUT2D eigenvalue weighted by molar-refractivity contribution is -0.127. The minimum Gasteiger partial charge on any atom is -0.348 e. The molecule has 0 aliphatic rings. The van der Waals surface area contributed by atoms with E-state index in [1.807, 2.05) is 18.5 Å². The third-order valence-electron chi connectivity index (χ3n) is 2.19. The zero-order chi connectivity index (χ0) is 12.1. The number of carbonyl (C=O) groups excluding carboxylic acids is 1. The number of hydrogen-bond acceptors (Lipinski definition) is 4. The summed E-state index contributed by atoms with van der Waals surface area (Å²) in [6.45, 7) is 4.96. The summed E-state index contributed by atoms with van der Waals surface area (Å²) in [6, 6.07) is 0.281. The van der Waals surface area contributed by atoms with Gasteiger partial charge in [0, 0.05) is 20.1 Å². The van der Waals surface area contributed by atoms with Gasteiger partial charge in [0.15, 0.2) is 0 Å². The van der Waals surface area contributed by atoms with Crippen molar-refractivity contribution in [3.8, 4) is 0 Å². The number of nitrogens with one attached hydrogen (secondary N) is 1. The fourth-order valence-electron chi connectivity index (χ4n) is 1.27. The number of amides is 1. The van der Waals surface area contributed by atoms with Crippen LogP contribution in [-0.2, 0) is 11.3 Å². The standard InChI is InChI=1S/C10H19N5O/c1-8(2)15-9(12-7-13-15)5-11-6-10(16)14(3)4/h7-8,11H,5-6H2,1-4H3. The van der Waals surface area contributed by atoms with E-state index >= 15 is 0 Å². The average molecular weight is 225 g/mol. The van der Waals surface area contributed by atoms with Crippen LogP contribution in [0.4, 0.5) is 0 Å². The number of aromatic nitrogens is 3. The smallest absolute Gasteiger partial charge is 0.236 e. The molecule has 6 heteroatoms. The third kappa shape index (κ3) is 3.30. The summed E-state index contributed by atoms with van der Waals surface area (Å²) >= 11 is 0. The normalized spacial score (nSPS) is 10.8. The molecule has 0 saturated carbocycles. The first-order valence-electron chi connectivity index (χ1n) is 5.31. The van der Waals surface area contributed by atoms with Gasteiger partial charge in [-0.2, -0.15) is 5.10 Å². The minimum absolute atomic E-state index is 0.0515. The summed E-state index contributed by atoms with van der Waals surface area (Å²) in [5.74, 6) is 0.900. The van der Waals surface area contributed by atoms with Crippen molar-refractivity contribution >= 4 is 5.91 Å². The SMILES string of the molecule is CC(C)n1ncnc1CNCC(=O)N(C)C. The minimum atomic E-state index is 0.0515. The van der Waals surface area contributed by atoms with E-state index in [0.717, 1.165) is 5.82 Å². The predicted octanol–water partition coefficient (Wildman–Crippen LogP) is 0.0368. The first-order valence-corrected chi connectivity index (χ1v) is 5.31. The first kappa shape index (κ1) is 12.6. The molecule has 0 atom stereocenters. The maximum Gasteiger partial charge on any atom is 0.236 e. The number of hydrogen-bond donors (Lipinski definition) is 1. The summed E-state index contributed by atoms with van der Waals surface area (Å²) in [7, 11) is 3.47. The van der Waals surface area contributed by atoms with Gasteiger partial charge in [0.05, 0.1) is 13.1 Å². The highest BCUT2D eigenvalue weighted by Crippen LogP contribution is 2.04. The van der Waals surface area contributed by atoms with E-state index in [2.05, 4.69) is 15.4 Å². The number of rotatable bonds is 5. The molecule has 90 valence electrons. The molecule has 0 unspecified atom stereocenters. The van der Waals surface area contributed by atoms with Crippen molar-refractivity contribution in [2.45, 2.75) is 26.4 Å². The molecule has 1 amide bonds. The van der Waals surface area contributed by atoms with Crippen molar-refractivity contribution in [3.63, 3.8) is 0 Å². The van der Waals surface area contributed by atoms with Crippen molar-refractivity contribution in [1.29, 1.82) is 0 Å². The van der Waals surface area contributed by atoms with Crippen molar-refractivity contribution in [1.82, 2.24) is 25.0 Å². The zero-order valence-electron chi connectivity index (χ0n) is 10.3. The molecule has 0 saturated heterocycles. The fraction of sp³-hybridized carbons (Fsp3) is 0.700. The Kier molecular flexibility index (Phi) is 4.42. The molecule has 16 heavy (non-hydrogen) atoms. The highest BCUT2D eigenvalue weighted by Gasteiger charge is 2.08. The average Bonchev–Trinajstić information content (AvgIpc) is 2.65. The van der Waals surface area contributed by atoms with Gasteiger partial charge >= 0.3 is 0 Å². The van der Waals surface area contributed by atoms with Crippen LogP contribution in [0.5, 0.6) is 0 Å². The molecule has 6 nitrogen and oxygen atoms in total. The Morgan fingerprint density at radius 3 is 2.81 bits per heavy atom. The molecule has 1 aromatic rings. The summed E-state index contributed by atoms with van der Waals surface area (Å²) in [5, 5.41) is 7.17. The van der Waals surface area contributed by atoms with E-state index in [-0.39, 0.29) is 11.9 Å². The molecular formula is C10H19N5O. The van der Waals surface area contributed by atoms with Gasteiger partial charge in [-0.3, -0.25) is 4.79 Å². The van der Waals surface area contributed by atoms with E-state index in [1.165, 1.54) is 6.33 Å². The first-order chi connectivity index (χ1) is 7.52. The molecule has 0 spiro atoms. The topological polar surface area (TPSA) is 63.1 Å². The maximum atomic E-state index is 11.3. The Morgan fingerprint density at radius 1 is 1.56 bits per heavy atom. The van der Waals surface area contributed by atoms with Crippen molar-refractivity contribution < 1.29 is 4.79 Å². The zero-order valence-corrected chi connectivity index (χ0v) is 10.3. The summed E-state index contributed by atoms with van der Waals surface area (Å²) in [5.41, 5.74) is 0. The molecule has 1 heterocycles. The van der Waals surface area contributed by atoms with Gasteiger partial charge in [0.25, 0.3) is 0 Å². The summed E-state index contributed by atoms with van der Waals surface area (Å²) in [4.78, 5) is 17.0. The quantitative estimate of drug-likeness (QED) is 0.768. The van der Waals surface area contributed by atoms with Gasteiger partial charge in [-0.15, -0.1) is 0 Å². The Bertz CT molecular complexity index is 345. The van der Waals surface area contributed by atoms with Crippen molar-refractivity contribution in [2.24, 2.45) is 0 Å². The molecule has 0 fully saturated rings. The number of likely N-dealkylation sites (N-methyl/N-ethyl adjacent to an activating group) is 1. The van der Waals surface area contributed by atoms with E-state index in [9.17, 15) is 4.79 Å². The van der Waals surface area contributed by atoms with Gasteiger partial charge in [-0.25, -0.2) is 9.67 Å². The van der Waals surface area contributed by atoms with E-state index < -0.39 is 0 Å². The van der Waals surface area contributed by atoms with Crippen LogP contribution in [0.1, 0.15) is 25.7 Å². The largest absolute Gasteiger partial charge is 0.348 e. The monoisotopic (exact) mass is 225 g/mol. The second-order valence-electron chi connectivity index (χ2n) is 4.11. The van der Waals surface area contributed by atoms with Gasteiger partial charge < -0.3 is 10.2 Å². The lowest BCUT2D eigenvalue weighted by Gasteiger charge is -2.12. The third-order valence-corrected chi connectivity index (χ3v) is 2.19. The Hall–Kier alpha value is -1.43. The Morgan fingerprint density at radius 2 is 2.25 bits per heavy atom. The Labute approximate surface area is 95.6 Å². The van der Waals surface area contributed by atoms with Gasteiger partial charge in [-0.05, 0) is 13.8 Å². The molecule has 0 aromatic carbocycles. The molecule has 1 aromatic heterocycles. The number of nitrogens with zero attached hydrogens (tertiary/aromatic N) is 4. The van der Waals surface area contributed by atoms with Crippen LogP contribution in [0.25, 0.3) is 0 Å². The van der Waals surface area contributed by atoms with Gasteiger partial charge in [-0.1, -0.05) is 0 Å². The molecule has 0 aliphatic carbocycles. The molecule has 0 radical (unpaired) electrons. The summed E-state index contributed by atoms with van der Waals surface area (Å²) < 4.78 is 1.84. The number of carbonyl (C=O) groups is 1. The van der Waals surface area contributed by atoms with Gasteiger partial charge in [0.2, 0.25) is 5.91 Å². The molecule has 1 N–H and O–H groups in total. The lowest BCUT2D eigenvalue weighted by atomic mass is 10.4. The van der Waals surface area contributed by atoms with E-state index in [0.29, 0.717) is 13.1 Å². The molecular weight excluding hydrogens is 206 g/mol. The van der Waals surface area contributed by atoms with Crippen LogP contribution in [0, 0.1) is 0 Å². The predicted molar refractivity (Wildman–Crippen MR) is 60.8 cm³/mol. The van der Waals surface area contributed by atoms with Crippen LogP contribution in [0.15, 0.2) is 6.33 Å². The van der Waals surface area contributed by atoms with Crippen LogP contribution >= 0.6 is 0 Å². The van der Waals surface area contributed by atoms with Crippen LogP contribution in [0.3, 0.4) is 0 Å². The lowest BCUT2D eigenvalue weighted by Crippen LogP contribution is -2.33. The van der Waals surface area contributed by atoms with E-state index in [1.54, 1.807) is 19.0 Å². The fourth-order valence-corrected chi connectivity index (χ4v) is 1.27. The molecule has 0 bridgehead atoms. The maximum absolute atomic E-state index is 11.3. The van der Waals surface area contributed by atoms with Gasteiger partial charge in [0.1, 0.15) is 12.2 Å². The highest BCUT2D eigenvalue weighted by molar-refractivity contribution is 5.77. The van der Waals surface area contributed by atoms with E-state index in [4.69, 9.17) is 0 Å².